The maximum atomic E-state index is 12.7. The molecule has 1 aliphatic rings. The second-order valence-electron chi connectivity index (χ2n) is 17.6. The van der Waals surface area contributed by atoms with Crippen molar-refractivity contribution in [2.45, 2.75) is 212 Å². The van der Waals surface area contributed by atoms with Gasteiger partial charge in [0.25, 0.3) is 0 Å². The highest BCUT2D eigenvalue weighted by Gasteiger charge is 2.39. The average molecular weight is 943 g/mol. The minimum atomic E-state index is -4.89. The van der Waals surface area contributed by atoms with Crippen LogP contribution in [0.3, 0.4) is 0 Å². The van der Waals surface area contributed by atoms with Gasteiger partial charge in [0.1, 0.15) is 18.5 Å². The summed E-state index contributed by atoms with van der Waals surface area (Å²) in [6.07, 6.45) is 22.5. The highest BCUT2D eigenvalue weighted by atomic mass is 31.2. The smallest absolute Gasteiger partial charge is 0.462 e. The molecule has 0 aromatic rings. The van der Waals surface area contributed by atoms with Gasteiger partial charge in [0.05, 0.1) is 32.0 Å². The molecule has 0 aliphatic heterocycles. The molecule has 63 heavy (non-hydrogen) atoms. The molecule has 0 aromatic heterocycles. The van der Waals surface area contributed by atoms with Crippen LogP contribution >= 0.6 is 15.6 Å². The van der Waals surface area contributed by atoms with Crippen molar-refractivity contribution in [3.8, 4) is 0 Å². The van der Waals surface area contributed by atoms with E-state index in [1.165, 1.54) is 57.8 Å². The molecule has 370 valence electrons. The van der Waals surface area contributed by atoms with Gasteiger partial charge < -0.3 is 39.5 Å². The van der Waals surface area contributed by atoms with Crippen LogP contribution in [0.5, 0.6) is 0 Å². The molecule has 0 amide bonds. The van der Waals surface area contributed by atoms with Gasteiger partial charge in [-0.1, -0.05) is 155 Å². The Morgan fingerprint density at radius 2 is 1.19 bits per heavy atom. The van der Waals surface area contributed by atoms with Gasteiger partial charge in [-0.3, -0.25) is 28.0 Å². The van der Waals surface area contributed by atoms with Crippen LogP contribution in [0.1, 0.15) is 188 Å². The Labute approximate surface area is 377 Å². The first kappa shape index (κ1) is 59.5. The predicted octanol–water partition coefficient (Wildman–Crippen LogP) is 8.96. The number of hydrogen-bond acceptors (Lipinski definition) is 13. The number of phosphoric ester groups is 2. The van der Waals surface area contributed by atoms with E-state index >= 15 is 0 Å². The summed E-state index contributed by atoms with van der Waals surface area (Å²) in [5.74, 6) is -1.03. The van der Waals surface area contributed by atoms with Gasteiger partial charge in [0.2, 0.25) is 0 Å². The Bertz CT molecular complexity index is 1340. The van der Waals surface area contributed by atoms with E-state index < -0.39 is 78.4 Å². The number of phosphoric acid groups is 2. The lowest BCUT2D eigenvalue weighted by atomic mass is 9.88. The van der Waals surface area contributed by atoms with Crippen molar-refractivity contribution in [2.75, 3.05) is 26.4 Å². The summed E-state index contributed by atoms with van der Waals surface area (Å²) in [5, 5.41) is 30.5. The number of rotatable bonds is 41. The van der Waals surface area contributed by atoms with Crippen LogP contribution < -0.4 is 0 Å². The molecule has 0 bridgehead atoms. The van der Waals surface area contributed by atoms with Crippen molar-refractivity contribution in [2.24, 2.45) is 17.8 Å². The number of carbonyl (C=O) groups excluding carboxylic acids is 3. The molecular formula is C45H84O16P2. The lowest BCUT2D eigenvalue weighted by molar-refractivity contribution is -0.161. The van der Waals surface area contributed by atoms with E-state index in [1.807, 2.05) is 0 Å². The molecule has 0 saturated heterocycles. The molecule has 1 fully saturated rings. The molecule has 0 heterocycles. The number of aliphatic hydroxyl groups excluding tert-OH is 3. The fourth-order valence-corrected chi connectivity index (χ4v) is 8.70. The zero-order valence-corrected chi connectivity index (χ0v) is 40.4. The molecular weight excluding hydrogens is 858 g/mol. The third kappa shape index (κ3) is 33.6. The van der Waals surface area contributed by atoms with Crippen molar-refractivity contribution in [3.05, 3.63) is 12.2 Å². The first-order valence-corrected chi connectivity index (χ1v) is 26.9. The number of ketones is 1. The monoisotopic (exact) mass is 943 g/mol. The molecule has 1 unspecified atom stereocenters. The third-order valence-corrected chi connectivity index (χ3v) is 12.7. The quantitative estimate of drug-likeness (QED) is 0.0145. The first-order chi connectivity index (χ1) is 29.9. The van der Waals surface area contributed by atoms with Gasteiger partial charge in [-0.25, -0.2) is 9.13 Å². The van der Waals surface area contributed by atoms with Crippen molar-refractivity contribution in [1.29, 1.82) is 0 Å². The summed E-state index contributed by atoms with van der Waals surface area (Å²) in [5.41, 5.74) is 0. The number of carbonyl (C=O) groups is 3. The van der Waals surface area contributed by atoms with Crippen LogP contribution in [0.25, 0.3) is 0 Å². The Morgan fingerprint density at radius 3 is 1.76 bits per heavy atom. The maximum absolute atomic E-state index is 12.7. The summed E-state index contributed by atoms with van der Waals surface area (Å²) in [7, 11) is -9.76. The molecule has 0 radical (unpaired) electrons. The van der Waals surface area contributed by atoms with Gasteiger partial charge in [-0.05, 0) is 31.6 Å². The van der Waals surface area contributed by atoms with Crippen LogP contribution in [0.15, 0.2) is 12.2 Å². The Balaban J connectivity index is 2.49. The zero-order chi connectivity index (χ0) is 46.9. The van der Waals surface area contributed by atoms with Crippen LogP contribution in [0, 0.1) is 17.8 Å². The summed E-state index contributed by atoms with van der Waals surface area (Å²) in [4.78, 5) is 65.6. The van der Waals surface area contributed by atoms with E-state index in [2.05, 4.69) is 29.8 Å². The van der Waals surface area contributed by atoms with Gasteiger partial charge >= 0.3 is 27.6 Å². The van der Waals surface area contributed by atoms with E-state index in [1.54, 1.807) is 12.2 Å². The highest BCUT2D eigenvalue weighted by Crippen LogP contribution is 2.44. The van der Waals surface area contributed by atoms with E-state index in [-0.39, 0.29) is 36.9 Å². The second-order valence-corrected chi connectivity index (χ2v) is 20.3. The highest BCUT2D eigenvalue weighted by molar-refractivity contribution is 7.47. The minimum absolute atomic E-state index is 0.0135. The molecule has 6 N–H and O–H groups in total. The summed E-state index contributed by atoms with van der Waals surface area (Å²) >= 11 is 0. The summed E-state index contributed by atoms with van der Waals surface area (Å²) in [6, 6.07) is 0. The lowest BCUT2D eigenvalue weighted by Crippen LogP contribution is -2.30. The van der Waals surface area contributed by atoms with Gasteiger partial charge in [-0.15, -0.1) is 0 Å². The molecule has 0 aromatic carbocycles. The van der Waals surface area contributed by atoms with Crippen LogP contribution in [-0.4, -0.2) is 98.6 Å². The van der Waals surface area contributed by atoms with Crippen LogP contribution in [0.2, 0.25) is 0 Å². The molecule has 16 nitrogen and oxygen atoms in total. The van der Waals surface area contributed by atoms with Crippen molar-refractivity contribution < 1.29 is 76.6 Å². The van der Waals surface area contributed by atoms with Crippen LogP contribution in [0.4, 0.5) is 0 Å². The van der Waals surface area contributed by atoms with Gasteiger partial charge in [0, 0.05) is 31.1 Å². The van der Waals surface area contributed by atoms with E-state index in [0.717, 1.165) is 57.3 Å². The van der Waals surface area contributed by atoms with E-state index in [9.17, 15) is 43.7 Å². The summed E-state index contributed by atoms with van der Waals surface area (Å²) < 4.78 is 47.9. The standard InChI is InChI=1S/C45H84O16P2/c1-4-5-19-25-37(46)29-30-41-40(42(48)31-43(41)49)26-21-17-18-22-27-44(50)57-34-39(35-60-63(55,56)59-33-38(47)32-58-62(52,53)54)61-45(51)28-23-16-14-12-10-8-6-7-9-11-13-15-20-24-36(2)3/h29-30,36-41,43,46-47,49H,4-28,31-35H2,1-3H3,(H,55,56)(H2,52,53,54)/b30-29+/t37-,38-,39+,40+,41+,43+/m0/s1. The molecule has 18 heteroatoms. The van der Waals surface area contributed by atoms with Gasteiger partial charge in [0.15, 0.2) is 6.10 Å². The molecule has 1 aliphatic carbocycles. The van der Waals surface area contributed by atoms with E-state index in [0.29, 0.717) is 38.5 Å². The maximum Gasteiger partial charge on any atom is 0.472 e. The normalized spacial score (nSPS) is 19.4. The summed E-state index contributed by atoms with van der Waals surface area (Å²) in [6.45, 7) is 3.73. The number of unbranched alkanes of at least 4 members (excludes halogenated alkanes) is 17. The fourth-order valence-electron chi connectivity index (χ4n) is 7.55. The number of esters is 2. The number of hydrogen-bond donors (Lipinski definition) is 6. The Kier molecular flexibility index (Phi) is 33.6. The SMILES string of the molecule is CCCCC[C@H](O)/C=C/[C@H]1[C@H](O)CC(=O)[C@@H]1CCCCCCC(=O)OC[C@H](COP(=O)(O)OC[C@@H](O)COP(=O)(O)O)OC(=O)CCCCCCCCCCCCCCCC(C)C. The van der Waals surface area contributed by atoms with E-state index in [4.69, 9.17) is 23.8 Å². The third-order valence-electron chi connectivity index (χ3n) is 11.2. The minimum Gasteiger partial charge on any atom is -0.462 e. The zero-order valence-electron chi connectivity index (χ0n) is 38.6. The fraction of sp³-hybridized carbons (Fsp3) is 0.889. The first-order valence-electron chi connectivity index (χ1n) is 23.8. The number of ether oxygens (including phenoxy) is 2. The second kappa shape index (κ2) is 35.6. The van der Waals surface area contributed by atoms with Crippen molar-refractivity contribution in [1.82, 2.24) is 0 Å². The molecule has 1 rings (SSSR count). The Morgan fingerprint density at radius 1 is 0.683 bits per heavy atom. The van der Waals surface area contributed by atoms with Gasteiger partial charge in [-0.2, -0.15) is 0 Å². The topological polar surface area (TPSA) is 253 Å². The van der Waals surface area contributed by atoms with Crippen molar-refractivity contribution in [3.63, 3.8) is 0 Å². The number of Topliss-reactive ketones (excluding diaryl/α,β-unsaturated/α-hetero) is 1. The molecule has 7 atom stereocenters. The van der Waals surface area contributed by atoms with Crippen molar-refractivity contribution >= 4 is 33.4 Å². The Hall–Kier alpha value is -1.55. The molecule has 0 spiro atoms. The largest absolute Gasteiger partial charge is 0.472 e. The number of aliphatic hydroxyl groups is 3. The predicted molar refractivity (Wildman–Crippen MR) is 240 cm³/mol. The molecule has 1 saturated carbocycles. The van der Waals surface area contributed by atoms with Crippen LogP contribution in [-0.2, 0) is 46.6 Å². The average Bonchev–Trinajstić information content (AvgIpc) is 3.49. The lowest BCUT2D eigenvalue weighted by Gasteiger charge is -2.20.